The quantitative estimate of drug-likeness (QED) is 0.313. The summed E-state index contributed by atoms with van der Waals surface area (Å²) < 4.78 is 7.61. The average molecular weight is 537 g/mol. The van der Waals surface area contributed by atoms with Gasteiger partial charge >= 0.3 is 6.09 Å². The molecule has 0 saturated carbocycles. The van der Waals surface area contributed by atoms with Crippen LogP contribution in [-0.4, -0.2) is 49.7 Å². The number of H-pyrrole nitrogens is 1. The number of halogens is 2. The van der Waals surface area contributed by atoms with Gasteiger partial charge < -0.3 is 19.9 Å². The van der Waals surface area contributed by atoms with Gasteiger partial charge in [0.05, 0.1) is 40.1 Å². The maximum Gasteiger partial charge on any atom is 0.408 e. The van der Waals surface area contributed by atoms with Crippen molar-refractivity contribution in [3.8, 4) is 0 Å². The lowest BCUT2D eigenvalue weighted by molar-refractivity contribution is -0.136. The van der Waals surface area contributed by atoms with Crippen molar-refractivity contribution >= 4 is 57.8 Å². The fourth-order valence-electron chi connectivity index (χ4n) is 3.52. The molecule has 2 heterocycles. The number of carbonyl (C=O) groups is 3. The number of hydrogen-bond donors (Lipinski definition) is 3. The van der Waals surface area contributed by atoms with Crippen molar-refractivity contribution < 1.29 is 19.1 Å². The Kier molecular flexibility index (Phi) is 8.97. The highest BCUT2D eigenvalue weighted by molar-refractivity contribution is 6.43. The van der Waals surface area contributed by atoms with Gasteiger partial charge in [0.25, 0.3) is 5.91 Å². The molecule has 0 aliphatic rings. The van der Waals surface area contributed by atoms with E-state index in [1.807, 2.05) is 32.3 Å². The van der Waals surface area contributed by atoms with Crippen molar-refractivity contribution in [2.75, 3.05) is 5.32 Å². The Morgan fingerprint density at radius 2 is 1.92 bits per heavy atom. The summed E-state index contributed by atoms with van der Waals surface area (Å²) in [7, 11) is 0. The molecule has 2 aromatic heterocycles. The lowest BCUT2D eigenvalue weighted by atomic mass is 9.89. The van der Waals surface area contributed by atoms with E-state index >= 15 is 0 Å². The molecule has 2 atom stereocenters. The first-order valence-electron chi connectivity index (χ1n) is 11.6. The smallest absolute Gasteiger partial charge is 0.408 e. The van der Waals surface area contributed by atoms with E-state index in [4.69, 9.17) is 27.9 Å². The van der Waals surface area contributed by atoms with Gasteiger partial charge in [-0.15, -0.1) is 0 Å². The third-order valence-corrected chi connectivity index (χ3v) is 6.39. The van der Waals surface area contributed by atoms with Crippen LogP contribution in [-0.2, 0) is 20.9 Å². The number of anilines is 1. The number of Topliss-reactive ketones (excluding diaryl/α,β-unsaturated/α-hetero) is 1. The van der Waals surface area contributed by atoms with E-state index in [9.17, 15) is 14.4 Å². The van der Waals surface area contributed by atoms with Gasteiger partial charge in [-0.1, -0.05) is 63.7 Å². The Hall–Kier alpha value is -3.11. The Bertz CT molecular complexity index is 1220. The van der Waals surface area contributed by atoms with E-state index in [0.717, 1.165) is 11.9 Å². The number of imidazole rings is 1. The van der Waals surface area contributed by atoms with Crippen LogP contribution in [0.5, 0.6) is 0 Å². The Morgan fingerprint density at radius 3 is 2.56 bits per heavy atom. The third-order valence-electron chi connectivity index (χ3n) is 5.67. The zero-order valence-corrected chi connectivity index (χ0v) is 22.1. The van der Waals surface area contributed by atoms with Gasteiger partial charge in [-0.3, -0.25) is 14.7 Å². The molecule has 36 heavy (non-hydrogen) atoms. The molecule has 0 fully saturated rings. The number of rotatable bonds is 10. The SMILES string of the molecule is CCCC[C@H](NC(=O)OC(Cn1cnc2cc(Cl)c(Cl)cc21)C(C)(C)C)C(=O)C(=O)Nc1ccn[nH]1. The van der Waals surface area contributed by atoms with Crippen LogP contribution in [0.2, 0.25) is 10.0 Å². The molecule has 194 valence electrons. The summed E-state index contributed by atoms with van der Waals surface area (Å²) in [5.41, 5.74) is 0.953. The molecule has 3 aromatic rings. The predicted octanol–water partition coefficient (Wildman–Crippen LogP) is 4.97. The fraction of sp³-hybridized carbons (Fsp3) is 0.458. The summed E-state index contributed by atoms with van der Waals surface area (Å²) in [6.45, 7) is 8.05. The second-order valence-electron chi connectivity index (χ2n) is 9.54. The Balaban J connectivity index is 1.73. The maximum atomic E-state index is 12.9. The molecule has 12 heteroatoms. The molecule has 3 rings (SSSR count). The van der Waals surface area contributed by atoms with Gasteiger partial charge in [0.2, 0.25) is 5.78 Å². The van der Waals surface area contributed by atoms with Crippen molar-refractivity contribution in [2.45, 2.75) is 65.6 Å². The number of aromatic amines is 1. The number of ether oxygens (including phenoxy) is 1. The minimum atomic E-state index is -1.03. The minimum absolute atomic E-state index is 0.284. The molecule has 1 unspecified atom stereocenters. The lowest BCUT2D eigenvalue weighted by Crippen LogP contribution is -2.48. The van der Waals surface area contributed by atoms with E-state index in [0.29, 0.717) is 34.9 Å². The van der Waals surface area contributed by atoms with Crippen molar-refractivity contribution in [1.29, 1.82) is 0 Å². The minimum Gasteiger partial charge on any atom is -0.444 e. The highest BCUT2D eigenvalue weighted by Crippen LogP contribution is 2.29. The maximum absolute atomic E-state index is 12.9. The number of unbranched alkanes of at least 4 members (excludes halogenated alkanes) is 1. The number of nitrogens with one attached hydrogen (secondary N) is 3. The number of ketones is 1. The molecule has 0 spiro atoms. The highest BCUT2D eigenvalue weighted by Gasteiger charge is 2.32. The number of hydrogen-bond acceptors (Lipinski definition) is 6. The summed E-state index contributed by atoms with van der Waals surface area (Å²) in [6.07, 6.45) is 3.42. The number of amides is 2. The Morgan fingerprint density at radius 1 is 1.19 bits per heavy atom. The summed E-state index contributed by atoms with van der Waals surface area (Å²) in [4.78, 5) is 42.5. The highest BCUT2D eigenvalue weighted by atomic mass is 35.5. The molecule has 3 N–H and O–H groups in total. The lowest BCUT2D eigenvalue weighted by Gasteiger charge is -2.31. The van der Waals surface area contributed by atoms with Crippen LogP contribution >= 0.6 is 23.2 Å². The summed E-state index contributed by atoms with van der Waals surface area (Å²) in [5.74, 6) is -1.34. The van der Waals surface area contributed by atoms with Crippen molar-refractivity contribution in [3.63, 3.8) is 0 Å². The molecule has 0 aliphatic carbocycles. The van der Waals surface area contributed by atoms with E-state index in [-0.39, 0.29) is 5.82 Å². The number of benzene rings is 1. The van der Waals surface area contributed by atoms with Crippen LogP contribution < -0.4 is 10.6 Å². The summed E-state index contributed by atoms with van der Waals surface area (Å²) in [6, 6.07) is 3.87. The van der Waals surface area contributed by atoms with Gasteiger partial charge in [-0.25, -0.2) is 9.78 Å². The largest absolute Gasteiger partial charge is 0.444 e. The second kappa shape index (κ2) is 11.7. The first-order valence-corrected chi connectivity index (χ1v) is 12.4. The summed E-state index contributed by atoms with van der Waals surface area (Å²) in [5, 5.41) is 12.1. The number of aromatic nitrogens is 4. The Labute approximate surface area is 219 Å². The van der Waals surface area contributed by atoms with Gasteiger partial charge in [-0.05, 0) is 18.6 Å². The average Bonchev–Trinajstić information content (AvgIpc) is 3.45. The van der Waals surface area contributed by atoms with Crippen LogP contribution in [0.4, 0.5) is 10.6 Å². The number of carbonyl (C=O) groups excluding carboxylic acids is 3. The second-order valence-corrected chi connectivity index (χ2v) is 10.4. The van der Waals surface area contributed by atoms with Crippen LogP contribution in [0.15, 0.2) is 30.7 Å². The van der Waals surface area contributed by atoms with Crippen LogP contribution in [0, 0.1) is 5.41 Å². The van der Waals surface area contributed by atoms with Crippen molar-refractivity contribution in [3.05, 3.63) is 40.8 Å². The van der Waals surface area contributed by atoms with Crippen LogP contribution in [0.1, 0.15) is 47.0 Å². The zero-order chi connectivity index (χ0) is 26.5. The van der Waals surface area contributed by atoms with Gasteiger partial charge in [0, 0.05) is 11.5 Å². The standard InChI is InChI=1S/C24H30Cl2N6O4/c1-5-6-7-16(21(33)22(34)30-20-8-9-28-31-20)29-23(35)36-19(24(2,3)4)12-32-13-27-17-10-14(25)15(26)11-18(17)32/h8-11,13,16,19H,5-7,12H2,1-4H3,(H,29,35)(H2,28,30,31,34)/t16-,19?/m0/s1. The first-order chi connectivity index (χ1) is 17.0. The number of fused-ring (bicyclic) bond motifs is 1. The van der Waals surface area contributed by atoms with Crippen LogP contribution in [0.25, 0.3) is 11.0 Å². The molecule has 10 nitrogen and oxygen atoms in total. The van der Waals surface area contributed by atoms with Gasteiger partial charge in [-0.2, -0.15) is 5.10 Å². The fourth-order valence-corrected chi connectivity index (χ4v) is 3.83. The van der Waals surface area contributed by atoms with E-state index in [1.54, 1.807) is 18.5 Å². The molecule has 0 radical (unpaired) electrons. The third kappa shape index (κ3) is 6.98. The van der Waals surface area contributed by atoms with Gasteiger partial charge in [0.1, 0.15) is 18.0 Å². The molecular formula is C24H30Cl2N6O4. The summed E-state index contributed by atoms with van der Waals surface area (Å²) >= 11 is 12.3. The molecular weight excluding hydrogens is 507 g/mol. The van der Waals surface area contributed by atoms with E-state index < -0.39 is 35.3 Å². The van der Waals surface area contributed by atoms with Crippen LogP contribution in [0.3, 0.4) is 0 Å². The molecule has 0 aliphatic heterocycles. The first kappa shape index (κ1) is 27.5. The number of nitrogens with zero attached hydrogens (tertiary/aromatic N) is 3. The van der Waals surface area contributed by atoms with Crippen molar-refractivity contribution in [1.82, 2.24) is 25.1 Å². The molecule has 0 bridgehead atoms. The monoisotopic (exact) mass is 536 g/mol. The predicted molar refractivity (Wildman–Crippen MR) is 138 cm³/mol. The normalized spacial score (nSPS) is 13.3. The number of alkyl carbamates (subject to hydrolysis) is 1. The molecule has 1 aromatic carbocycles. The van der Waals surface area contributed by atoms with Crippen molar-refractivity contribution in [2.24, 2.45) is 5.41 Å². The zero-order valence-electron chi connectivity index (χ0n) is 20.6. The molecule has 0 saturated heterocycles. The topological polar surface area (TPSA) is 131 Å². The van der Waals surface area contributed by atoms with E-state index in [2.05, 4.69) is 25.8 Å². The van der Waals surface area contributed by atoms with E-state index in [1.165, 1.54) is 12.3 Å². The molecule has 2 amide bonds. The van der Waals surface area contributed by atoms with Gasteiger partial charge in [0.15, 0.2) is 0 Å².